The van der Waals surface area contributed by atoms with Crippen LogP contribution in [0, 0.1) is 6.92 Å². The minimum absolute atomic E-state index is 0.0963. The average Bonchev–Trinajstić information content (AvgIpc) is 3.47. The van der Waals surface area contributed by atoms with Crippen molar-refractivity contribution in [3.8, 4) is 0 Å². The number of thioether (sulfide) groups is 1. The van der Waals surface area contributed by atoms with Crippen molar-refractivity contribution in [2.24, 2.45) is 7.05 Å². The van der Waals surface area contributed by atoms with E-state index in [-0.39, 0.29) is 11.7 Å². The predicted molar refractivity (Wildman–Crippen MR) is 125 cm³/mol. The van der Waals surface area contributed by atoms with Crippen LogP contribution in [0.3, 0.4) is 0 Å². The maximum Gasteiger partial charge on any atom is 0.236 e. The first kappa shape index (κ1) is 21.3. The summed E-state index contributed by atoms with van der Waals surface area (Å²) in [5.74, 6) is 1.06. The zero-order valence-electron chi connectivity index (χ0n) is 17.5. The SMILES string of the molecule is Cc1csc(NC(=O)CSc2nnc(Cc3cccn3C)n2CCc2ccccc2)n1. The van der Waals surface area contributed by atoms with E-state index in [2.05, 4.69) is 47.8 Å². The monoisotopic (exact) mass is 452 g/mol. The lowest BCUT2D eigenvalue weighted by Gasteiger charge is -2.11. The number of hydrogen-bond acceptors (Lipinski definition) is 6. The van der Waals surface area contributed by atoms with Crippen molar-refractivity contribution in [2.75, 3.05) is 11.1 Å². The molecule has 3 heterocycles. The lowest BCUT2D eigenvalue weighted by Crippen LogP contribution is -2.15. The molecule has 4 rings (SSSR count). The van der Waals surface area contributed by atoms with E-state index in [9.17, 15) is 4.79 Å². The molecule has 0 spiro atoms. The van der Waals surface area contributed by atoms with Crippen LogP contribution in [0.4, 0.5) is 5.13 Å². The van der Waals surface area contributed by atoms with Gasteiger partial charge in [-0.1, -0.05) is 42.1 Å². The van der Waals surface area contributed by atoms with Crippen LogP contribution in [0.1, 0.15) is 22.8 Å². The van der Waals surface area contributed by atoms with Crippen LogP contribution in [-0.4, -0.2) is 36.0 Å². The minimum Gasteiger partial charge on any atom is -0.354 e. The summed E-state index contributed by atoms with van der Waals surface area (Å²) in [6.07, 6.45) is 3.59. The van der Waals surface area contributed by atoms with Crippen molar-refractivity contribution in [2.45, 2.75) is 31.5 Å². The van der Waals surface area contributed by atoms with Gasteiger partial charge < -0.3 is 14.5 Å². The highest BCUT2D eigenvalue weighted by Crippen LogP contribution is 2.21. The Balaban J connectivity index is 1.47. The van der Waals surface area contributed by atoms with Crippen LogP contribution >= 0.6 is 23.1 Å². The van der Waals surface area contributed by atoms with E-state index in [1.807, 2.05) is 49.8 Å². The zero-order chi connectivity index (χ0) is 21.6. The second-order valence-corrected chi connectivity index (χ2v) is 9.00. The molecule has 9 heteroatoms. The van der Waals surface area contributed by atoms with Crippen molar-refractivity contribution in [3.63, 3.8) is 0 Å². The van der Waals surface area contributed by atoms with E-state index < -0.39 is 0 Å². The number of hydrogen-bond donors (Lipinski definition) is 1. The first-order valence-electron chi connectivity index (χ1n) is 9.99. The molecular formula is C22H24N6OS2. The highest BCUT2D eigenvalue weighted by atomic mass is 32.2. The van der Waals surface area contributed by atoms with E-state index in [1.165, 1.54) is 34.4 Å². The maximum atomic E-state index is 12.4. The second-order valence-electron chi connectivity index (χ2n) is 7.20. The van der Waals surface area contributed by atoms with Crippen LogP contribution in [0.5, 0.6) is 0 Å². The highest BCUT2D eigenvalue weighted by molar-refractivity contribution is 7.99. The molecular weight excluding hydrogens is 428 g/mol. The van der Waals surface area contributed by atoms with E-state index in [4.69, 9.17) is 0 Å². The van der Waals surface area contributed by atoms with Gasteiger partial charge in [-0.2, -0.15) is 0 Å². The van der Waals surface area contributed by atoms with Gasteiger partial charge in [0.2, 0.25) is 5.91 Å². The smallest absolute Gasteiger partial charge is 0.236 e. The number of carbonyl (C=O) groups excluding carboxylic acids is 1. The standard InChI is InChI=1S/C22H24N6OS2/c1-16-14-30-21(23-16)24-20(29)15-31-22-26-25-19(13-18-9-6-11-27(18)2)28(22)12-10-17-7-4-3-5-8-17/h3-9,11,14H,10,12-13,15H2,1-2H3,(H,23,24,29). The topological polar surface area (TPSA) is 77.6 Å². The lowest BCUT2D eigenvalue weighted by molar-refractivity contribution is -0.113. The van der Waals surface area contributed by atoms with Gasteiger partial charge in [0.05, 0.1) is 11.4 Å². The Kier molecular flexibility index (Phi) is 6.83. The lowest BCUT2D eigenvalue weighted by atomic mass is 10.1. The van der Waals surface area contributed by atoms with Gasteiger partial charge in [0.15, 0.2) is 10.3 Å². The van der Waals surface area contributed by atoms with Crippen LogP contribution in [-0.2, 0) is 31.2 Å². The van der Waals surface area contributed by atoms with Gasteiger partial charge in [-0.25, -0.2) is 4.98 Å². The molecule has 1 amide bonds. The second kappa shape index (κ2) is 9.93. The number of aromatic nitrogens is 5. The number of rotatable bonds is 9. The molecule has 1 N–H and O–H groups in total. The van der Waals surface area contributed by atoms with Gasteiger partial charge in [0, 0.05) is 37.3 Å². The van der Waals surface area contributed by atoms with Crippen molar-refractivity contribution in [3.05, 3.63) is 76.8 Å². The summed E-state index contributed by atoms with van der Waals surface area (Å²) >= 11 is 2.83. The molecule has 160 valence electrons. The molecule has 4 aromatic rings. The largest absolute Gasteiger partial charge is 0.354 e. The first-order valence-corrected chi connectivity index (χ1v) is 11.9. The molecule has 0 saturated carbocycles. The molecule has 1 aromatic carbocycles. The number of nitrogens with zero attached hydrogens (tertiary/aromatic N) is 5. The fourth-order valence-corrected chi connectivity index (χ4v) is 4.69. The third-order valence-corrected chi connectivity index (χ3v) is 6.69. The van der Waals surface area contributed by atoms with Crippen molar-refractivity contribution >= 4 is 34.1 Å². The van der Waals surface area contributed by atoms with Gasteiger partial charge in [-0.3, -0.25) is 4.79 Å². The Bertz CT molecular complexity index is 1150. The molecule has 3 aromatic heterocycles. The zero-order valence-corrected chi connectivity index (χ0v) is 19.1. The molecule has 31 heavy (non-hydrogen) atoms. The van der Waals surface area contributed by atoms with Crippen LogP contribution in [0.25, 0.3) is 0 Å². The fourth-order valence-electron chi connectivity index (χ4n) is 3.21. The number of carbonyl (C=O) groups is 1. The number of benzene rings is 1. The maximum absolute atomic E-state index is 12.4. The third-order valence-electron chi connectivity index (χ3n) is 4.85. The molecule has 7 nitrogen and oxygen atoms in total. The summed E-state index contributed by atoms with van der Waals surface area (Å²) in [5, 5.41) is 15.0. The Morgan fingerprint density at radius 3 is 2.71 bits per heavy atom. The number of anilines is 1. The van der Waals surface area contributed by atoms with E-state index in [0.717, 1.165) is 29.6 Å². The summed E-state index contributed by atoms with van der Waals surface area (Å²) in [5.41, 5.74) is 3.33. The Labute approximate surface area is 189 Å². The van der Waals surface area contributed by atoms with Crippen molar-refractivity contribution < 1.29 is 4.79 Å². The molecule has 0 aliphatic heterocycles. The van der Waals surface area contributed by atoms with Gasteiger partial charge in [-0.05, 0) is 31.0 Å². The molecule has 0 fully saturated rings. The summed E-state index contributed by atoms with van der Waals surface area (Å²) in [6, 6.07) is 14.5. The quantitative estimate of drug-likeness (QED) is 0.389. The van der Waals surface area contributed by atoms with Gasteiger partial charge in [-0.15, -0.1) is 21.5 Å². The summed E-state index contributed by atoms with van der Waals surface area (Å²) in [4.78, 5) is 16.6. The molecule has 0 bridgehead atoms. The predicted octanol–water partition coefficient (Wildman–Crippen LogP) is 3.95. The number of nitrogens with one attached hydrogen (secondary N) is 1. The number of amides is 1. The highest BCUT2D eigenvalue weighted by Gasteiger charge is 2.16. The average molecular weight is 453 g/mol. The van der Waals surface area contributed by atoms with Gasteiger partial charge in [0.25, 0.3) is 0 Å². The number of thiazole rings is 1. The van der Waals surface area contributed by atoms with Crippen LogP contribution in [0.2, 0.25) is 0 Å². The van der Waals surface area contributed by atoms with Crippen molar-refractivity contribution in [1.29, 1.82) is 0 Å². The molecule has 0 radical (unpaired) electrons. The molecule has 0 saturated heterocycles. The summed E-state index contributed by atoms with van der Waals surface area (Å²) < 4.78 is 4.22. The normalized spacial score (nSPS) is 11.0. The van der Waals surface area contributed by atoms with Gasteiger partial charge >= 0.3 is 0 Å². The Hall–Kier alpha value is -2.91. The van der Waals surface area contributed by atoms with E-state index >= 15 is 0 Å². The summed E-state index contributed by atoms with van der Waals surface area (Å²) in [7, 11) is 2.03. The minimum atomic E-state index is -0.0963. The van der Waals surface area contributed by atoms with Crippen LogP contribution < -0.4 is 5.32 Å². The van der Waals surface area contributed by atoms with E-state index in [1.54, 1.807) is 0 Å². The van der Waals surface area contributed by atoms with E-state index in [0.29, 0.717) is 11.6 Å². The number of aryl methyl sites for hydroxylation is 3. The molecule has 0 aliphatic rings. The third kappa shape index (κ3) is 5.62. The molecule has 0 aliphatic carbocycles. The summed E-state index contributed by atoms with van der Waals surface area (Å²) in [6.45, 7) is 2.66. The van der Waals surface area contributed by atoms with Crippen molar-refractivity contribution in [1.82, 2.24) is 24.3 Å². The Morgan fingerprint density at radius 2 is 2.00 bits per heavy atom. The first-order chi connectivity index (χ1) is 15.1. The molecule has 0 unspecified atom stereocenters. The Morgan fingerprint density at radius 1 is 1.16 bits per heavy atom. The van der Waals surface area contributed by atoms with Crippen LogP contribution in [0.15, 0.2) is 59.2 Å². The molecule has 0 atom stereocenters. The van der Waals surface area contributed by atoms with Gasteiger partial charge in [0.1, 0.15) is 5.82 Å². The fraction of sp³-hybridized carbons (Fsp3) is 0.273.